The molecule has 4 aromatic rings. The first-order chi connectivity index (χ1) is 21.8. The zero-order chi connectivity index (χ0) is 32.6. The number of hydrogen-bond donors (Lipinski definition) is 1. The number of carbonyl (C=O) groups excluding carboxylic acids is 2. The third-order valence-corrected chi connectivity index (χ3v) is 8.07. The van der Waals surface area contributed by atoms with E-state index in [1.807, 2.05) is 72.0 Å². The number of likely N-dealkylation sites (tertiary alicyclic amines) is 2. The van der Waals surface area contributed by atoms with E-state index in [0.717, 1.165) is 59.5 Å². The van der Waals surface area contributed by atoms with Crippen LogP contribution in [0.4, 0.5) is 9.59 Å². The van der Waals surface area contributed by atoms with Gasteiger partial charge in [0.05, 0.1) is 17.9 Å². The van der Waals surface area contributed by atoms with Crippen LogP contribution in [0, 0.1) is 0 Å². The summed E-state index contributed by atoms with van der Waals surface area (Å²) in [7, 11) is 0. The van der Waals surface area contributed by atoms with Crippen LogP contribution in [0.3, 0.4) is 0 Å². The Morgan fingerprint density at radius 3 is 1.83 bits per heavy atom. The average Bonchev–Trinajstić information content (AvgIpc) is 3.82. The van der Waals surface area contributed by atoms with Crippen molar-refractivity contribution in [2.45, 2.75) is 90.5 Å². The highest BCUT2D eigenvalue weighted by Gasteiger charge is 2.37. The van der Waals surface area contributed by atoms with Gasteiger partial charge in [0.2, 0.25) is 11.7 Å². The van der Waals surface area contributed by atoms with Crippen molar-refractivity contribution in [3.63, 3.8) is 0 Å². The minimum Gasteiger partial charge on any atom is -0.444 e. The lowest BCUT2D eigenvalue weighted by molar-refractivity contribution is 0.0195. The third kappa shape index (κ3) is 6.93. The molecule has 2 aliphatic heterocycles. The number of nitrogens with zero attached hydrogens (tertiary/aromatic N) is 5. The largest absolute Gasteiger partial charge is 0.444 e. The number of imidazole rings is 1. The number of carbonyl (C=O) groups is 2. The molecule has 4 heterocycles. The van der Waals surface area contributed by atoms with E-state index in [2.05, 4.69) is 44.4 Å². The van der Waals surface area contributed by atoms with Gasteiger partial charge in [0.1, 0.15) is 23.1 Å². The summed E-state index contributed by atoms with van der Waals surface area (Å²) in [6.07, 6.45) is 4.51. The lowest BCUT2D eigenvalue weighted by atomic mass is 10.0. The van der Waals surface area contributed by atoms with E-state index in [4.69, 9.17) is 14.0 Å². The molecule has 0 aliphatic carbocycles. The van der Waals surface area contributed by atoms with E-state index in [9.17, 15) is 9.59 Å². The molecule has 11 heteroatoms. The van der Waals surface area contributed by atoms with Gasteiger partial charge in [-0.3, -0.25) is 9.80 Å². The number of aromatic nitrogens is 4. The Morgan fingerprint density at radius 1 is 0.761 bits per heavy atom. The predicted octanol–water partition coefficient (Wildman–Crippen LogP) is 7.94. The molecule has 2 atom stereocenters. The quantitative estimate of drug-likeness (QED) is 0.237. The van der Waals surface area contributed by atoms with Gasteiger partial charge in [-0.25, -0.2) is 14.6 Å². The predicted molar refractivity (Wildman–Crippen MR) is 173 cm³/mol. The minimum atomic E-state index is -0.572. The number of amides is 2. The molecular formula is C35H42N6O5. The molecule has 2 aromatic heterocycles. The van der Waals surface area contributed by atoms with Gasteiger partial charge in [0.15, 0.2) is 0 Å². The molecule has 0 spiro atoms. The Hall–Kier alpha value is -4.67. The van der Waals surface area contributed by atoms with Gasteiger partial charge in [-0.2, -0.15) is 4.98 Å². The van der Waals surface area contributed by atoms with Crippen molar-refractivity contribution in [2.24, 2.45) is 0 Å². The normalized spacial score (nSPS) is 18.7. The lowest BCUT2D eigenvalue weighted by Gasteiger charge is -2.27. The number of benzene rings is 2. The van der Waals surface area contributed by atoms with Crippen LogP contribution in [0.2, 0.25) is 0 Å². The molecular weight excluding hydrogens is 584 g/mol. The van der Waals surface area contributed by atoms with Crippen molar-refractivity contribution < 1.29 is 23.6 Å². The monoisotopic (exact) mass is 626 g/mol. The van der Waals surface area contributed by atoms with Gasteiger partial charge in [0, 0.05) is 18.7 Å². The fourth-order valence-electron chi connectivity index (χ4n) is 5.95. The van der Waals surface area contributed by atoms with Crippen molar-refractivity contribution >= 4 is 12.2 Å². The van der Waals surface area contributed by atoms with Crippen LogP contribution in [0.25, 0.3) is 33.8 Å². The van der Waals surface area contributed by atoms with E-state index in [-0.39, 0.29) is 24.3 Å². The van der Waals surface area contributed by atoms with Gasteiger partial charge in [0.25, 0.3) is 0 Å². The van der Waals surface area contributed by atoms with Crippen LogP contribution in [0.15, 0.2) is 59.3 Å². The molecule has 2 amide bonds. The van der Waals surface area contributed by atoms with Gasteiger partial charge in [-0.05, 0) is 83.9 Å². The third-order valence-electron chi connectivity index (χ3n) is 8.07. The maximum atomic E-state index is 12.8. The van der Waals surface area contributed by atoms with Crippen LogP contribution in [-0.2, 0) is 9.47 Å². The Balaban J connectivity index is 1.11. The molecule has 2 aliphatic rings. The second kappa shape index (κ2) is 12.3. The maximum Gasteiger partial charge on any atom is 0.410 e. The second-order valence-corrected chi connectivity index (χ2v) is 14.0. The first-order valence-corrected chi connectivity index (χ1v) is 15.9. The first kappa shape index (κ1) is 31.3. The summed E-state index contributed by atoms with van der Waals surface area (Å²) in [6, 6.07) is 15.9. The molecule has 1 N–H and O–H groups in total. The van der Waals surface area contributed by atoms with Gasteiger partial charge in [-0.15, -0.1) is 0 Å². The molecule has 2 fully saturated rings. The summed E-state index contributed by atoms with van der Waals surface area (Å²) in [5.41, 5.74) is 3.73. The standard InChI is InChI=1S/C35H42N6O5/c1-34(2,3)44-32(42)40-19-7-9-27(40)30-36-21-26(37-30)24-15-11-22(12-16-24)23-13-17-25(18-14-23)29-38-31(46-39-29)28-10-8-20-41(28)33(43)45-35(4,5)6/h11-18,21,27-28H,7-10,19-20H2,1-6H3,(H,36,37)/t27?,28-/m0/s1. The molecule has 46 heavy (non-hydrogen) atoms. The van der Waals surface area contributed by atoms with Gasteiger partial charge >= 0.3 is 12.2 Å². The van der Waals surface area contributed by atoms with Crippen LogP contribution in [0.5, 0.6) is 0 Å². The van der Waals surface area contributed by atoms with E-state index in [1.54, 1.807) is 9.80 Å². The second-order valence-electron chi connectivity index (χ2n) is 14.0. The summed E-state index contributed by atoms with van der Waals surface area (Å²) >= 11 is 0. The highest BCUT2D eigenvalue weighted by atomic mass is 16.6. The molecule has 0 radical (unpaired) electrons. The Bertz CT molecular complexity index is 1550. The molecule has 0 saturated carbocycles. The topological polar surface area (TPSA) is 127 Å². The lowest BCUT2D eigenvalue weighted by Crippen LogP contribution is -2.36. The SMILES string of the molecule is CC(C)(C)OC(=O)N1CCCC1c1ncc(-c2ccc(-c3ccc(-c4noc([C@@H]5CCCN5C(=O)OC(C)(C)C)n4)cc3)cc2)[nH]1. The zero-order valence-electron chi connectivity index (χ0n) is 27.4. The van der Waals surface area contributed by atoms with E-state index in [0.29, 0.717) is 24.8 Å². The number of ether oxygens (including phenoxy) is 2. The summed E-state index contributed by atoms with van der Waals surface area (Å²) in [5, 5.41) is 4.20. The highest BCUT2D eigenvalue weighted by Crippen LogP contribution is 2.35. The Labute approximate surface area is 269 Å². The van der Waals surface area contributed by atoms with E-state index in [1.165, 1.54) is 0 Å². The Kier molecular flexibility index (Phi) is 8.35. The summed E-state index contributed by atoms with van der Waals surface area (Å²) in [5.74, 6) is 1.68. The molecule has 2 saturated heterocycles. The van der Waals surface area contributed by atoms with Crippen molar-refractivity contribution in [2.75, 3.05) is 13.1 Å². The van der Waals surface area contributed by atoms with Crippen molar-refractivity contribution in [1.29, 1.82) is 0 Å². The highest BCUT2D eigenvalue weighted by molar-refractivity contribution is 5.72. The van der Waals surface area contributed by atoms with Gasteiger partial charge < -0.3 is 19.0 Å². The van der Waals surface area contributed by atoms with Crippen molar-refractivity contribution in [3.8, 4) is 33.8 Å². The number of hydrogen-bond acceptors (Lipinski definition) is 8. The number of rotatable bonds is 5. The fourth-order valence-corrected chi connectivity index (χ4v) is 5.95. The fraction of sp³-hybridized carbons (Fsp3) is 0.457. The number of aromatic amines is 1. The average molecular weight is 627 g/mol. The molecule has 2 aromatic carbocycles. The first-order valence-electron chi connectivity index (χ1n) is 15.9. The Morgan fingerprint density at radius 2 is 1.26 bits per heavy atom. The smallest absolute Gasteiger partial charge is 0.410 e. The summed E-state index contributed by atoms with van der Waals surface area (Å²) in [6.45, 7) is 12.5. The van der Waals surface area contributed by atoms with Crippen LogP contribution >= 0.6 is 0 Å². The summed E-state index contributed by atoms with van der Waals surface area (Å²) < 4.78 is 16.8. The van der Waals surface area contributed by atoms with Crippen molar-refractivity contribution in [1.82, 2.24) is 29.9 Å². The minimum absolute atomic E-state index is 0.126. The number of nitrogens with one attached hydrogen (secondary N) is 1. The summed E-state index contributed by atoms with van der Waals surface area (Å²) in [4.78, 5) is 41.6. The van der Waals surface area contributed by atoms with E-state index >= 15 is 0 Å². The molecule has 11 nitrogen and oxygen atoms in total. The molecule has 0 bridgehead atoms. The van der Waals surface area contributed by atoms with Crippen LogP contribution in [0.1, 0.15) is 91.0 Å². The zero-order valence-corrected chi connectivity index (χ0v) is 27.4. The van der Waals surface area contributed by atoms with Crippen molar-refractivity contribution in [3.05, 3.63) is 66.4 Å². The molecule has 1 unspecified atom stereocenters. The van der Waals surface area contributed by atoms with E-state index < -0.39 is 11.2 Å². The molecule has 6 rings (SSSR count). The molecule has 242 valence electrons. The number of H-pyrrole nitrogens is 1. The van der Waals surface area contributed by atoms with Gasteiger partial charge in [-0.1, -0.05) is 53.7 Å². The van der Waals surface area contributed by atoms with Crippen LogP contribution < -0.4 is 0 Å². The van der Waals surface area contributed by atoms with Crippen LogP contribution in [-0.4, -0.2) is 66.4 Å². The maximum absolute atomic E-state index is 12.8.